The number of benzene rings is 2. The largest absolute Gasteiger partial charge is 0.306 e. The minimum atomic E-state index is -3.66. The molecule has 4 rings (SSSR count). The molecule has 4 aromatic rings. The number of rotatable bonds is 6. The summed E-state index contributed by atoms with van der Waals surface area (Å²) < 4.78 is 27.7. The predicted molar refractivity (Wildman–Crippen MR) is 116 cm³/mol. The van der Waals surface area contributed by atoms with Crippen LogP contribution in [-0.4, -0.2) is 23.6 Å². The lowest BCUT2D eigenvalue weighted by atomic mass is 10.0. The maximum absolute atomic E-state index is 12.9. The van der Waals surface area contributed by atoms with Crippen LogP contribution in [0.5, 0.6) is 0 Å². The van der Waals surface area contributed by atoms with E-state index in [0.29, 0.717) is 29.0 Å². The van der Waals surface area contributed by atoms with Crippen LogP contribution < -0.4 is 0 Å². The number of carbonyl (C=O) groups excluding carboxylic acids is 1. The quantitative estimate of drug-likeness (QED) is 0.399. The fraction of sp³-hybridized carbons (Fsp3) is 0.130. The van der Waals surface area contributed by atoms with Crippen molar-refractivity contribution in [1.82, 2.24) is 9.38 Å². The van der Waals surface area contributed by atoms with E-state index in [-0.39, 0.29) is 15.6 Å². The van der Waals surface area contributed by atoms with Crippen molar-refractivity contribution in [1.29, 1.82) is 0 Å². The molecule has 0 radical (unpaired) electrons. The first-order chi connectivity index (χ1) is 14.3. The molecule has 30 heavy (non-hydrogen) atoms. The zero-order valence-electron chi connectivity index (χ0n) is 16.2. The monoisotopic (exact) mass is 438 g/mol. The number of fused-ring (bicyclic) bond motifs is 1. The Morgan fingerprint density at radius 1 is 1.07 bits per heavy atom. The molecule has 0 amide bonds. The molecule has 2 aromatic carbocycles. The van der Waals surface area contributed by atoms with E-state index in [1.54, 1.807) is 68.0 Å². The first-order valence-electron chi connectivity index (χ1n) is 9.41. The summed E-state index contributed by atoms with van der Waals surface area (Å²) in [5, 5.41) is 0.378. The normalized spacial score (nSPS) is 11.7. The number of aromatic nitrogens is 2. The first kappa shape index (κ1) is 20.3. The average Bonchev–Trinajstić information content (AvgIpc) is 3.22. The van der Waals surface area contributed by atoms with Crippen LogP contribution in [0.15, 0.2) is 83.0 Å². The van der Waals surface area contributed by atoms with Crippen LogP contribution in [0.25, 0.3) is 5.65 Å². The van der Waals surface area contributed by atoms with Crippen LogP contribution in [0.3, 0.4) is 0 Å². The van der Waals surface area contributed by atoms with Gasteiger partial charge in [-0.2, -0.15) is 0 Å². The number of imidazole rings is 1. The van der Waals surface area contributed by atoms with Crippen molar-refractivity contribution >= 4 is 32.9 Å². The van der Waals surface area contributed by atoms with Gasteiger partial charge >= 0.3 is 0 Å². The molecule has 2 heterocycles. The maximum Gasteiger partial charge on any atom is 0.206 e. The molecule has 2 aromatic heterocycles. The number of sulfone groups is 1. The second kappa shape index (κ2) is 8.05. The van der Waals surface area contributed by atoms with Gasteiger partial charge in [0.25, 0.3) is 0 Å². The van der Waals surface area contributed by atoms with E-state index < -0.39 is 9.84 Å². The van der Waals surface area contributed by atoms with Gasteiger partial charge in [0, 0.05) is 35.6 Å². The van der Waals surface area contributed by atoms with Crippen LogP contribution in [-0.2, 0) is 16.3 Å². The van der Waals surface area contributed by atoms with E-state index in [1.165, 1.54) is 6.07 Å². The average molecular weight is 439 g/mol. The Morgan fingerprint density at radius 2 is 1.83 bits per heavy atom. The van der Waals surface area contributed by atoms with Gasteiger partial charge in [-0.3, -0.25) is 4.79 Å². The van der Waals surface area contributed by atoms with Crippen molar-refractivity contribution in [3.05, 3.63) is 94.9 Å². The lowest BCUT2D eigenvalue weighted by Gasteiger charge is -2.09. The molecule has 0 bridgehead atoms. The highest BCUT2D eigenvalue weighted by atomic mass is 35.5. The molecule has 0 N–H and O–H groups in total. The van der Waals surface area contributed by atoms with E-state index in [2.05, 4.69) is 4.98 Å². The Morgan fingerprint density at radius 3 is 2.60 bits per heavy atom. The summed E-state index contributed by atoms with van der Waals surface area (Å²) in [6, 6.07) is 15.1. The van der Waals surface area contributed by atoms with Crippen LogP contribution in [0.1, 0.15) is 27.9 Å². The number of hydrogen-bond donors (Lipinski definition) is 0. The van der Waals surface area contributed by atoms with Gasteiger partial charge in [0.15, 0.2) is 5.78 Å². The number of ketones is 1. The predicted octanol–water partition coefficient (Wildman–Crippen LogP) is 4.94. The fourth-order valence-electron chi connectivity index (χ4n) is 3.31. The standard InChI is InChI=1S/C23H19ClN2O3S/c1-16-2-7-19(24)14-22(16)30(28,29)20-8-3-17(4-9-20)5-10-21(27)18-6-11-23-25-12-13-26(23)15-18/h2-4,6-9,11-15H,5,10H2,1H3. The summed E-state index contributed by atoms with van der Waals surface area (Å²) in [6.45, 7) is 1.74. The molecular weight excluding hydrogens is 420 g/mol. The highest BCUT2D eigenvalue weighted by Crippen LogP contribution is 2.27. The molecule has 0 fully saturated rings. The number of halogens is 1. The summed E-state index contributed by atoms with van der Waals surface area (Å²) >= 11 is 5.98. The number of nitrogens with zero attached hydrogens (tertiary/aromatic N) is 2. The van der Waals surface area contributed by atoms with Crippen LogP contribution >= 0.6 is 11.6 Å². The summed E-state index contributed by atoms with van der Waals surface area (Å²) in [4.78, 5) is 17.1. The third-order valence-corrected chi connectivity index (χ3v) is 7.17. The Kier molecular flexibility index (Phi) is 5.45. The van der Waals surface area contributed by atoms with Crippen LogP contribution in [0.4, 0.5) is 0 Å². The number of aryl methyl sites for hydroxylation is 2. The van der Waals surface area contributed by atoms with E-state index in [4.69, 9.17) is 11.6 Å². The van der Waals surface area contributed by atoms with E-state index >= 15 is 0 Å². The van der Waals surface area contributed by atoms with E-state index in [9.17, 15) is 13.2 Å². The lowest BCUT2D eigenvalue weighted by Crippen LogP contribution is -2.05. The molecule has 0 saturated heterocycles. The van der Waals surface area contributed by atoms with E-state index in [0.717, 1.165) is 11.2 Å². The van der Waals surface area contributed by atoms with Gasteiger partial charge in [0.05, 0.1) is 9.79 Å². The Hall–Kier alpha value is -2.96. The van der Waals surface area contributed by atoms with Gasteiger partial charge < -0.3 is 4.40 Å². The van der Waals surface area contributed by atoms with Crippen LogP contribution in [0, 0.1) is 6.92 Å². The summed E-state index contributed by atoms with van der Waals surface area (Å²) in [7, 11) is -3.66. The minimum Gasteiger partial charge on any atom is -0.306 e. The van der Waals surface area contributed by atoms with Crippen molar-refractivity contribution in [3.8, 4) is 0 Å². The molecule has 5 nitrogen and oxygen atoms in total. The highest BCUT2D eigenvalue weighted by molar-refractivity contribution is 7.91. The molecule has 0 spiro atoms. The number of Topliss-reactive ketones (excluding diaryl/α,β-unsaturated/α-hetero) is 1. The van der Waals surface area contributed by atoms with Gasteiger partial charge in [0.1, 0.15) is 5.65 Å². The zero-order chi connectivity index (χ0) is 21.3. The molecule has 152 valence electrons. The number of hydrogen-bond acceptors (Lipinski definition) is 4. The van der Waals surface area contributed by atoms with Crippen molar-refractivity contribution < 1.29 is 13.2 Å². The molecule has 0 aliphatic heterocycles. The molecule has 0 saturated carbocycles. The summed E-state index contributed by atoms with van der Waals surface area (Å²) in [6.07, 6.45) is 6.11. The van der Waals surface area contributed by atoms with Gasteiger partial charge in [0.2, 0.25) is 9.84 Å². The van der Waals surface area contributed by atoms with Gasteiger partial charge in [-0.1, -0.05) is 29.8 Å². The van der Waals surface area contributed by atoms with Crippen molar-refractivity contribution in [2.45, 2.75) is 29.6 Å². The SMILES string of the molecule is Cc1ccc(Cl)cc1S(=O)(=O)c1ccc(CCC(=O)c2ccc3nccn3c2)cc1. The van der Waals surface area contributed by atoms with Crippen LogP contribution in [0.2, 0.25) is 5.02 Å². The highest BCUT2D eigenvalue weighted by Gasteiger charge is 2.20. The summed E-state index contributed by atoms with van der Waals surface area (Å²) in [5.74, 6) is 0.0249. The fourth-order valence-corrected chi connectivity index (χ4v) is 5.07. The minimum absolute atomic E-state index is 0.0249. The van der Waals surface area contributed by atoms with Crippen molar-refractivity contribution in [3.63, 3.8) is 0 Å². The van der Waals surface area contributed by atoms with Crippen molar-refractivity contribution in [2.24, 2.45) is 0 Å². The van der Waals surface area contributed by atoms with Crippen molar-refractivity contribution in [2.75, 3.05) is 0 Å². The molecular formula is C23H19ClN2O3S. The Bertz CT molecular complexity index is 1340. The zero-order valence-corrected chi connectivity index (χ0v) is 17.8. The molecule has 0 unspecified atom stereocenters. The molecule has 0 atom stereocenters. The van der Waals surface area contributed by atoms with Gasteiger partial charge in [-0.05, 0) is 60.9 Å². The number of pyridine rings is 1. The summed E-state index contributed by atoms with van der Waals surface area (Å²) in [5.41, 5.74) is 2.95. The van der Waals surface area contributed by atoms with Gasteiger partial charge in [-0.25, -0.2) is 13.4 Å². The van der Waals surface area contributed by atoms with E-state index in [1.807, 2.05) is 10.5 Å². The molecule has 0 aliphatic carbocycles. The number of carbonyl (C=O) groups is 1. The first-order valence-corrected chi connectivity index (χ1v) is 11.3. The topological polar surface area (TPSA) is 68.5 Å². The second-order valence-electron chi connectivity index (χ2n) is 7.09. The Labute approximate surface area is 179 Å². The third kappa shape index (κ3) is 4.01. The molecule has 0 aliphatic rings. The third-order valence-electron chi connectivity index (χ3n) is 5.02. The maximum atomic E-state index is 12.9. The Balaban J connectivity index is 1.48. The second-order valence-corrected chi connectivity index (χ2v) is 9.45. The lowest BCUT2D eigenvalue weighted by molar-refractivity contribution is 0.0982. The smallest absolute Gasteiger partial charge is 0.206 e. The molecule has 7 heteroatoms. The van der Waals surface area contributed by atoms with Gasteiger partial charge in [-0.15, -0.1) is 0 Å².